The summed E-state index contributed by atoms with van der Waals surface area (Å²) in [6.07, 6.45) is 3.29. The Morgan fingerprint density at radius 3 is 2.43 bits per heavy atom. The maximum atomic E-state index is 13.3. The number of rotatable bonds is 4. The van der Waals surface area contributed by atoms with Gasteiger partial charge in [-0.2, -0.15) is 0 Å². The second kappa shape index (κ2) is 5.90. The minimum Gasteiger partial charge on any atom is -0.392 e. The summed E-state index contributed by atoms with van der Waals surface area (Å²) in [4.78, 5) is 0. The second-order valence-corrected chi connectivity index (χ2v) is 6.70. The van der Waals surface area contributed by atoms with Gasteiger partial charge in [-0.3, -0.25) is 0 Å². The Hall–Kier alpha value is -1.19. The molecule has 1 aliphatic carbocycles. The van der Waals surface area contributed by atoms with Gasteiger partial charge in [0.15, 0.2) is 0 Å². The molecule has 1 unspecified atom stereocenters. The van der Waals surface area contributed by atoms with Crippen LogP contribution in [0, 0.1) is 5.82 Å². The number of benzene rings is 2. The fourth-order valence-corrected chi connectivity index (χ4v) is 3.65. The third kappa shape index (κ3) is 2.77. The Morgan fingerprint density at radius 2 is 1.86 bits per heavy atom. The third-order valence-electron chi connectivity index (χ3n) is 4.65. The van der Waals surface area contributed by atoms with Crippen LogP contribution in [0.5, 0.6) is 0 Å². The molecule has 1 atom stereocenters. The van der Waals surface area contributed by atoms with Gasteiger partial charge in [0.2, 0.25) is 0 Å². The van der Waals surface area contributed by atoms with Crippen molar-refractivity contribution in [2.24, 2.45) is 0 Å². The predicted molar refractivity (Wildman–Crippen MR) is 85.8 cm³/mol. The summed E-state index contributed by atoms with van der Waals surface area (Å²) in [5.41, 5.74) is 2.03. The van der Waals surface area contributed by atoms with E-state index in [1.165, 1.54) is 11.6 Å². The molecule has 1 aliphatic rings. The first-order valence-electron chi connectivity index (χ1n) is 7.29. The highest BCUT2D eigenvalue weighted by Crippen LogP contribution is 2.47. The van der Waals surface area contributed by atoms with E-state index in [1.807, 2.05) is 18.2 Å². The molecule has 21 heavy (non-hydrogen) atoms. The van der Waals surface area contributed by atoms with Crippen molar-refractivity contribution in [3.63, 3.8) is 0 Å². The molecule has 0 saturated heterocycles. The highest BCUT2D eigenvalue weighted by molar-refractivity contribution is 9.10. The fraction of sp³-hybridized carbons (Fsp3) is 0.333. The van der Waals surface area contributed by atoms with Gasteiger partial charge in [0.1, 0.15) is 5.82 Å². The van der Waals surface area contributed by atoms with E-state index in [4.69, 9.17) is 0 Å². The fourth-order valence-electron chi connectivity index (χ4n) is 3.23. The van der Waals surface area contributed by atoms with Crippen LogP contribution >= 0.6 is 15.9 Å². The van der Waals surface area contributed by atoms with Crippen molar-refractivity contribution in [2.45, 2.75) is 37.2 Å². The van der Waals surface area contributed by atoms with E-state index in [0.717, 1.165) is 24.8 Å². The molecule has 3 rings (SSSR count). The Bertz CT molecular complexity index is 622. The molecule has 1 N–H and O–H groups in total. The molecule has 0 spiro atoms. The smallest absolute Gasteiger partial charge is 0.137 e. The van der Waals surface area contributed by atoms with E-state index in [-0.39, 0.29) is 11.2 Å². The summed E-state index contributed by atoms with van der Waals surface area (Å²) in [6, 6.07) is 15.2. The highest BCUT2D eigenvalue weighted by atomic mass is 79.9. The van der Waals surface area contributed by atoms with Gasteiger partial charge in [-0.15, -0.1) is 0 Å². The number of aliphatic hydroxyl groups excluding tert-OH is 1. The van der Waals surface area contributed by atoms with E-state index in [2.05, 4.69) is 28.1 Å². The lowest BCUT2D eigenvalue weighted by Crippen LogP contribution is -2.46. The van der Waals surface area contributed by atoms with Crippen molar-refractivity contribution in [3.05, 3.63) is 69.9 Å². The molecular formula is C18H18BrFO. The number of aliphatic hydroxyl groups is 1. The average Bonchev–Trinajstić information content (AvgIpc) is 2.43. The van der Waals surface area contributed by atoms with E-state index in [1.54, 1.807) is 12.1 Å². The normalized spacial score (nSPS) is 18.0. The molecule has 2 aromatic carbocycles. The summed E-state index contributed by atoms with van der Waals surface area (Å²) >= 11 is 3.21. The molecule has 2 aromatic rings. The minimum atomic E-state index is -0.439. The van der Waals surface area contributed by atoms with Gasteiger partial charge in [0.25, 0.3) is 0 Å². The van der Waals surface area contributed by atoms with Crippen LogP contribution in [0.15, 0.2) is 53.0 Å². The van der Waals surface area contributed by atoms with Crippen molar-refractivity contribution >= 4 is 15.9 Å². The van der Waals surface area contributed by atoms with Crippen LogP contribution in [0.4, 0.5) is 4.39 Å². The maximum Gasteiger partial charge on any atom is 0.137 e. The van der Waals surface area contributed by atoms with Crippen molar-refractivity contribution < 1.29 is 9.50 Å². The first kappa shape index (κ1) is 14.7. The molecule has 0 heterocycles. The maximum absolute atomic E-state index is 13.3. The monoisotopic (exact) mass is 348 g/mol. The number of hydrogen-bond donors (Lipinski definition) is 1. The van der Waals surface area contributed by atoms with E-state index in [9.17, 15) is 9.50 Å². The van der Waals surface area contributed by atoms with Crippen molar-refractivity contribution in [1.29, 1.82) is 0 Å². The third-order valence-corrected chi connectivity index (χ3v) is 5.25. The highest BCUT2D eigenvalue weighted by Gasteiger charge is 2.44. The van der Waals surface area contributed by atoms with Crippen LogP contribution in [0.25, 0.3) is 0 Å². The van der Waals surface area contributed by atoms with E-state index >= 15 is 0 Å². The molecule has 0 aromatic heterocycles. The molecule has 110 valence electrons. The van der Waals surface area contributed by atoms with Gasteiger partial charge in [0, 0.05) is 5.41 Å². The van der Waals surface area contributed by atoms with Gasteiger partial charge in [0.05, 0.1) is 10.6 Å². The Labute approximate surface area is 132 Å². The van der Waals surface area contributed by atoms with Crippen LogP contribution in [0.3, 0.4) is 0 Å². The van der Waals surface area contributed by atoms with Gasteiger partial charge in [-0.05, 0) is 58.5 Å². The van der Waals surface area contributed by atoms with Gasteiger partial charge >= 0.3 is 0 Å². The lowest BCUT2D eigenvalue weighted by Gasteiger charge is -2.46. The summed E-state index contributed by atoms with van der Waals surface area (Å²) in [5, 5.41) is 10.8. The number of hydrogen-bond acceptors (Lipinski definition) is 1. The van der Waals surface area contributed by atoms with Crippen LogP contribution < -0.4 is 0 Å². The molecule has 3 heteroatoms. The molecule has 1 nitrogen and oxygen atoms in total. The van der Waals surface area contributed by atoms with Crippen LogP contribution in [0.2, 0.25) is 0 Å². The summed E-state index contributed by atoms with van der Waals surface area (Å²) in [7, 11) is 0. The second-order valence-electron chi connectivity index (χ2n) is 5.84. The quantitative estimate of drug-likeness (QED) is 0.854. The molecule has 0 amide bonds. The standard InChI is InChI=1S/C18H18BrFO/c19-15-11-13(7-8-16(15)20)12-17(21)18(9-4-10-18)14-5-2-1-3-6-14/h1-3,5-8,11,17,21H,4,9-10,12H2. The van der Waals surface area contributed by atoms with Crippen LogP contribution in [-0.4, -0.2) is 11.2 Å². The SMILES string of the molecule is OC(Cc1ccc(F)c(Br)c1)C1(c2ccccc2)CCC1. The zero-order chi connectivity index (χ0) is 14.9. The van der Waals surface area contributed by atoms with Gasteiger partial charge in [-0.1, -0.05) is 42.8 Å². The van der Waals surface area contributed by atoms with Crippen molar-refractivity contribution in [2.75, 3.05) is 0 Å². The first-order valence-corrected chi connectivity index (χ1v) is 8.09. The van der Waals surface area contributed by atoms with Crippen molar-refractivity contribution in [1.82, 2.24) is 0 Å². The van der Waals surface area contributed by atoms with Gasteiger partial charge in [-0.25, -0.2) is 4.39 Å². The lowest BCUT2D eigenvalue weighted by molar-refractivity contribution is 0.0285. The van der Waals surface area contributed by atoms with Crippen LogP contribution in [-0.2, 0) is 11.8 Å². The minimum absolute atomic E-state index is 0.137. The topological polar surface area (TPSA) is 20.2 Å². The lowest BCUT2D eigenvalue weighted by atomic mass is 9.60. The molecule has 1 fully saturated rings. The Morgan fingerprint density at radius 1 is 1.14 bits per heavy atom. The Kier molecular flexibility index (Phi) is 4.14. The molecule has 1 saturated carbocycles. The average molecular weight is 349 g/mol. The zero-order valence-corrected chi connectivity index (χ0v) is 13.3. The van der Waals surface area contributed by atoms with E-state index < -0.39 is 6.10 Å². The van der Waals surface area contributed by atoms with Crippen molar-refractivity contribution in [3.8, 4) is 0 Å². The molecular weight excluding hydrogens is 331 g/mol. The largest absolute Gasteiger partial charge is 0.392 e. The molecule has 0 radical (unpaired) electrons. The predicted octanol–water partition coefficient (Wildman–Crippen LogP) is 4.61. The van der Waals surface area contributed by atoms with Gasteiger partial charge < -0.3 is 5.11 Å². The number of halogens is 2. The van der Waals surface area contributed by atoms with E-state index in [0.29, 0.717) is 10.9 Å². The zero-order valence-electron chi connectivity index (χ0n) is 11.7. The first-order chi connectivity index (χ1) is 10.1. The molecule has 0 bridgehead atoms. The molecule has 0 aliphatic heterocycles. The summed E-state index contributed by atoms with van der Waals surface area (Å²) in [6.45, 7) is 0. The Balaban J connectivity index is 1.83. The summed E-state index contributed by atoms with van der Waals surface area (Å²) in [5.74, 6) is -0.269. The van der Waals surface area contributed by atoms with Crippen LogP contribution in [0.1, 0.15) is 30.4 Å². The summed E-state index contributed by atoms with van der Waals surface area (Å²) < 4.78 is 13.8.